The largest absolute Gasteiger partial charge is 0.544 e. The zero-order valence-electron chi connectivity index (χ0n) is 24.8. The second-order valence-corrected chi connectivity index (χ2v) is 17.2. The Bertz CT molecular complexity index is 1640. The highest BCUT2D eigenvalue weighted by Gasteiger charge is 2.38. The van der Waals surface area contributed by atoms with E-state index in [2.05, 4.69) is 101 Å². The molecule has 1 saturated heterocycles. The lowest BCUT2D eigenvalue weighted by Crippen LogP contribution is -2.46. The normalized spacial score (nSPS) is 14.7. The second-order valence-electron chi connectivity index (χ2n) is 12.4. The lowest BCUT2D eigenvalue weighted by atomic mass is 10.1. The minimum Gasteiger partial charge on any atom is -0.544 e. The summed E-state index contributed by atoms with van der Waals surface area (Å²) in [6.07, 6.45) is 10.5. The van der Waals surface area contributed by atoms with Crippen LogP contribution >= 0.6 is 0 Å². The predicted molar refractivity (Wildman–Crippen MR) is 165 cm³/mol. The number of fused-ring (bicyclic) bond motifs is 1. The van der Waals surface area contributed by atoms with Gasteiger partial charge in [-0.15, -0.1) is 0 Å². The SMILES string of the molecule is Cn1cc(-c2ccc3c(N4CCN(c5ncc(Cc6ccc(O[Si](C)(C)C(C)(C)C)cc6)o5)CC4)cnn3c2)cn1. The molecule has 1 aliphatic rings. The van der Waals surface area contributed by atoms with E-state index in [1.165, 1.54) is 5.56 Å². The third kappa shape index (κ3) is 5.61. The second kappa shape index (κ2) is 10.4. The van der Waals surface area contributed by atoms with Gasteiger partial charge in [-0.05, 0) is 41.9 Å². The number of hydrogen-bond acceptors (Lipinski definition) is 7. The van der Waals surface area contributed by atoms with Crippen LogP contribution in [-0.4, -0.2) is 58.9 Å². The highest BCUT2D eigenvalue weighted by Crippen LogP contribution is 2.37. The molecule has 41 heavy (non-hydrogen) atoms. The monoisotopic (exact) mass is 569 g/mol. The van der Waals surface area contributed by atoms with Crippen molar-refractivity contribution in [3.05, 3.63) is 78.7 Å². The molecule has 0 amide bonds. The molecule has 1 fully saturated rings. The van der Waals surface area contributed by atoms with Gasteiger partial charge in [0, 0.05) is 63.2 Å². The molecule has 0 N–H and O–H groups in total. The number of oxazole rings is 1. The first-order valence-corrected chi connectivity index (χ1v) is 17.2. The molecule has 214 valence electrons. The molecule has 5 heterocycles. The molecule has 1 aliphatic heterocycles. The number of aromatic nitrogens is 5. The third-order valence-electron chi connectivity index (χ3n) is 8.45. The zero-order valence-corrected chi connectivity index (χ0v) is 25.8. The Labute approximate surface area is 242 Å². The van der Waals surface area contributed by atoms with Gasteiger partial charge in [0.1, 0.15) is 11.5 Å². The minimum absolute atomic E-state index is 0.172. The predicted octanol–water partition coefficient (Wildman–Crippen LogP) is 6.02. The van der Waals surface area contributed by atoms with Crippen molar-refractivity contribution in [3.63, 3.8) is 0 Å². The lowest BCUT2D eigenvalue weighted by Gasteiger charge is -2.36. The molecule has 10 heteroatoms. The molecular weight excluding hydrogens is 530 g/mol. The molecule has 0 saturated carbocycles. The van der Waals surface area contributed by atoms with E-state index in [-0.39, 0.29) is 5.04 Å². The Kier molecular flexibility index (Phi) is 6.89. The van der Waals surface area contributed by atoms with Crippen LogP contribution in [-0.2, 0) is 13.5 Å². The first-order valence-electron chi connectivity index (χ1n) is 14.2. The van der Waals surface area contributed by atoms with Gasteiger partial charge >= 0.3 is 0 Å². The van der Waals surface area contributed by atoms with E-state index in [4.69, 9.17) is 8.84 Å². The van der Waals surface area contributed by atoms with Crippen LogP contribution < -0.4 is 14.2 Å². The van der Waals surface area contributed by atoms with Gasteiger partial charge < -0.3 is 18.6 Å². The molecule has 0 bridgehead atoms. The van der Waals surface area contributed by atoms with Crippen LogP contribution in [0.2, 0.25) is 18.1 Å². The number of benzene rings is 1. The smallest absolute Gasteiger partial charge is 0.297 e. The van der Waals surface area contributed by atoms with E-state index in [9.17, 15) is 0 Å². The summed E-state index contributed by atoms with van der Waals surface area (Å²) in [7, 11) is 0.0790. The number of hydrogen-bond donors (Lipinski definition) is 0. The number of anilines is 2. The van der Waals surface area contributed by atoms with Crippen LogP contribution in [0.5, 0.6) is 5.75 Å². The lowest BCUT2D eigenvalue weighted by molar-refractivity contribution is 0.486. The Balaban J connectivity index is 1.06. The summed E-state index contributed by atoms with van der Waals surface area (Å²) >= 11 is 0. The van der Waals surface area contributed by atoms with Crippen LogP contribution in [0.3, 0.4) is 0 Å². The quantitative estimate of drug-likeness (QED) is 0.222. The van der Waals surface area contributed by atoms with E-state index in [1.54, 1.807) is 0 Å². The maximum Gasteiger partial charge on any atom is 0.297 e. The zero-order chi connectivity index (χ0) is 28.8. The highest BCUT2D eigenvalue weighted by molar-refractivity contribution is 6.74. The van der Waals surface area contributed by atoms with E-state index < -0.39 is 8.32 Å². The molecule has 1 aromatic carbocycles. The van der Waals surface area contributed by atoms with E-state index in [0.717, 1.165) is 60.0 Å². The fourth-order valence-corrected chi connectivity index (χ4v) is 5.97. The average molecular weight is 570 g/mol. The number of pyridine rings is 1. The fraction of sp³-hybridized carbons (Fsp3) is 0.387. The topological polar surface area (TPSA) is 76.9 Å². The summed E-state index contributed by atoms with van der Waals surface area (Å²) in [5.74, 6) is 1.81. The fourth-order valence-electron chi connectivity index (χ4n) is 4.94. The molecule has 5 aromatic rings. The van der Waals surface area contributed by atoms with Crippen LogP contribution in [0.4, 0.5) is 11.7 Å². The van der Waals surface area contributed by atoms with Crippen molar-refractivity contribution in [1.29, 1.82) is 0 Å². The van der Waals surface area contributed by atoms with Crippen molar-refractivity contribution in [3.8, 4) is 16.9 Å². The summed E-state index contributed by atoms with van der Waals surface area (Å²) < 4.78 is 16.4. The van der Waals surface area contributed by atoms with Crippen molar-refractivity contribution in [2.75, 3.05) is 36.0 Å². The maximum atomic E-state index is 6.42. The summed E-state index contributed by atoms with van der Waals surface area (Å²) in [5.41, 5.74) is 5.61. The number of aryl methyl sites for hydroxylation is 1. The standard InChI is InChI=1S/C31H39N7O2Si/c1-31(2,3)41(5,6)40-26-10-7-23(8-11-26)17-27-19-32-30(39-27)37-15-13-36(14-16-37)29-20-34-38-22-24(9-12-28(29)38)25-18-33-35(4)21-25/h7-12,18-22H,13-17H2,1-6H3. The Morgan fingerprint density at radius 3 is 2.27 bits per heavy atom. The summed E-state index contributed by atoms with van der Waals surface area (Å²) in [4.78, 5) is 9.22. The highest BCUT2D eigenvalue weighted by atomic mass is 28.4. The van der Waals surface area contributed by atoms with Crippen LogP contribution in [0.1, 0.15) is 32.1 Å². The van der Waals surface area contributed by atoms with Gasteiger partial charge in [0.15, 0.2) is 0 Å². The Morgan fingerprint density at radius 1 is 0.854 bits per heavy atom. The van der Waals surface area contributed by atoms with Crippen molar-refractivity contribution in [2.45, 2.75) is 45.3 Å². The maximum absolute atomic E-state index is 6.42. The summed E-state index contributed by atoms with van der Waals surface area (Å²) in [5, 5.41) is 9.09. The molecule has 0 spiro atoms. The van der Waals surface area contributed by atoms with Crippen molar-refractivity contribution >= 4 is 25.5 Å². The Morgan fingerprint density at radius 2 is 1.59 bits per heavy atom. The third-order valence-corrected chi connectivity index (χ3v) is 12.8. The van der Waals surface area contributed by atoms with E-state index in [0.29, 0.717) is 12.4 Å². The Hall–Kier alpha value is -4.05. The van der Waals surface area contributed by atoms with Crippen molar-refractivity contribution < 1.29 is 8.84 Å². The van der Waals surface area contributed by atoms with E-state index in [1.807, 2.05) is 41.0 Å². The van der Waals surface area contributed by atoms with Crippen molar-refractivity contribution in [1.82, 2.24) is 24.4 Å². The minimum atomic E-state index is -1.85. The molecule has 0 unspecified atom stereocenters. The molecule has 0 aliphatic carbocycles. The summed E-state index contributed by atoms with van der Waals surface area (Å²) in [6, 6.07) is 13.4. The van der Waals surface area contributed by atoms with Crippen LogP contribution in [0.25, 0.3) is 16.6 Å². The first kappa shape index (κ1) is 27.1. The molecular formula is C31H39N7O2Si. The van der Waals surface area contributed by atoms with Crippen molar-refractivity contribution in [2.24, 2.45) is 7.05 Å². The molecule has 9 nitrogen and oxygen atoms in total. The number of piperazine rings is 1. The van der Waals surface area contributed by atoms with E-state index >= 15 is 0 Å². The van der Waals surface area contributed by atoms with Crippen LogP contribution in [0.15, 0.2) is 71.8 Å². The van der Waals surface area contributed by atoms with Gasteiger partial charge in [-0.3, -0.25) is 4.68 Å². The first-order chi connectivity index (χ1) is 19.6. The van der Waals surface area contributed by atoms with Crippen LogP contribution in [0, 0.1) is 0 Å². The molecule has 0 radical (unpaired) electrons. The van der Waals surface area contributed by atoms with Gasteiger partial charge in [-0.25, -0.2) is 9.50 Å². The number of rotatable bonds is 7. The van der Waals surface area contributed by atoms with Gasteiger partial charge in [0.25, 0.3) is 6.01 Å². The van der Waals surface area contributed by atoms with Gasteiger partial charge in [0.2, 0.25) is 8.32 Å². The average Bonchev–Trinajstić information content (AvgIpc) is 3.69. The van der Waals surface area contributed by atoms with Gasteiger partial charge in [-0.1, -0.05) is 39.0 Å². The molecule has 6 rings (SSSR count). The molecule has 4 aromatic heterocycles. The van der Waals surface area contributed by atoms with Gasteiger partial charge in [0.05, 0.1) is 29.8 Å². The van der Waals surface area contributed by atoms with Gasteiger partial charge in [-0.2, -0.15) is 10.2 Å². The number of nitrogens with zero attached hydrogens (tertiary/aromatic N) is 7. The molecule has 0 atom stereocenters. The summed E-state index contributed by atoms with van der Waals surface area (Å²) in [6.45, 7) is 14.7.